The number of rotatable bonds is 4. The number of nitrogens with one attached hydrogen (secondary N) is 1. The fourth-order valence-corrected chi connectivity index (χ4v) is 4.97. The van der Waals surface area contributed by atoms with Gasteiger partial charge in [0.2, 0.25) is 5.91 Å². The van der Waals surface area contributed by atoms with Crippen molar-refractivity contribution in [3.63, 3.8) is 0 Å². The van der Waals surface area contributed by atoms with E-state index in [1.165, 1.54) is 0 Å². The molecule has 2 aliphatic heterocycles. The molecule has 5 rings (SSSR count). The Labute approximate surface area is 200 Å². The molecule has 0 bridgehead atoms. The van der Waals surface area contributed by atoms with Crippen LogP contribution in [0.15, 0.2) is 48.5 Å². The van der Waals surface area contributed by atoms with Gasteiger partial charge in [-0.1, -0.05) is 35.9 Å². The van der Waals surface area contributed by atoms with Crippen LogP contribution in [-0.2, 0) is 9.53 Å². The van der Waals surface area contributed by atoms with Gasteiger partial charge in [-0.25, -0.2) is 0 Å². The lowest BCUT2D eigenvalue weighted by Crippen LogP contribution is -2.60. The van der Waals surface area contributed by atoms with Gasteiger partial charge >= 0.3 is 0 Å². The Morgan fingerprint density at radius 1 is 0.941 bits per heavy atom. The lowest BCUT2D eigenvalue weighted by atomic mass is 9.95. The normalized spacial score (nSPS) is 21.5. The van der Waals surface area contributed by atoms with Gasteiger partial charge in [0.15, 0.2) is 0 Å². The molecular weight excluding hydrogens is 430 g/mol. The second-order valence-corrected chi connectivity index (χ2v) is 9.70. The summed E-state index contributed by atoms with van der Waals surface area (Å²) in [6, 6.07) is 14.5. The highest BCUT2D eigenvalue weighted by Gasteiger charge is 2.54. The van der Waals surface area contributed by atoms with Gasteiger partial charge in [0.25, 0.3) is 11.8 Å². The number of carbonyl (C=O) groups is 3. The van der Waals surface area contributed by atoms with E-state index in [-0.39, 0.29) is 30.4 Å². The van der Waals surface area contributed by atoms with Crippen molar-refractivity contribution >= 4 is 17.7 Å². The smallest absolute Gasteiger partial charge is 0.256 e. The fourth-order valence-electron chi connectivity index (χ4n) is 4.97. The monoisotopic (exact) mass is 461 g/mol. The summed E-state index contributed by atoms with van der Waals surface area (Å²) in [6.07, 6.45) is 2.89. The summed E-state index contributed by atoms with van der Waals surface area (Å²) in [5.41, 5.74) is 2.35. The molecule has 0 aromatic heterocycles. The molecule has 7 nitrogen and oxygen atoms in total. The maximum absolute atomic E-state index is 13.7. The minimum Gasteiger partial charge on any atom is -0.353 e. The predicted octanol–water partition coefficient (Wildman–Crippen LogP) is 3.06. The number of nitrogens with zero attached hydrogens (tertiary/aromatic N) is 2. The maximum atomic E-state index is 13.7. The molecule has 3 amide bonds. The summed E-state index contributed by atoms with van der Waals surface area (Å²) in [4.78, 5) is 43.4. The van der Waals surface area contributed by atoms with Gasteiger partial charge in [-0.2, -0.15) is 0 Å². The molecule has 1 saturated carbocycles. The third kappa shape index (κ3) is 4.20. The van der Waals surface area contributed by atoms with Gasteiger partial charge in [-0.15, -0.1) is 0 Å². The van der Waals surface area contributed by atoms with Gasteiger partial charge in [-0.05, 0) is 50.5 Å². The zero-order chi connectivity index (χ0) is 23.9. The van der Waals surface area contributed by atoms with Crippen LogP contribution in [0.5, 0.6) is 0 Å². The number of amides is 3. The van der Waals surface area contributed by atoms with E-state index >= 15 is 0 Å². The summed E-state index contributed by atoms with van der Waals surface area (Å²) in [7, 11) is 0. The Morgan fingerprint density at radius 2 is 1.62 bits per heavy atom. The number of carbonyl (C=O) groups excluding carboxylic acids is 3. The summed E-state index contributed by atoms with van der Waals surface area (Å²) >= 11 is 0. The number of likely N-dealkylation sites (tertiary alicyclic amines) is 1. The number of hydrogen-bond acceptors (Lipinski definition) is 4. The summed E-state index contributed by atoms with van der Waals surface area (Å²) in [5, 5.41) is 3.04. The molecule has 178 valence electrons. The van der Waals surface area contributed by atoms with Crippen molar-refractivity contribution in [3.05, 3.63) is 70.8 Å². The van der Waals surface area contributed by atoms with Crippen molar-refractivity contribution < 1.29 is 19.1 Å². The van der Waals surface area contributed by atoms with E-state index in [2.05, 4.69) is 5.32 Å². The standard InChI is InChI=1S/C27H31N3O4/c1-18-7-9-20(10-8-18)25(32)30-23(24(31)28-21-11-12-21)17-34-27(30)13-15-29(16-14-27)26(33)22-6-4-3-5-19(22)2/h3-10,21,23H,11-17H2,1-2H3,(H,28,31). The maximum Gasteiger partial charge on any atom is 0.256 e. The molecular formula is C27H31N3O4. The van der Waals surface area contributed by atoms with Crippen molar-refractivity contribution in [2.24, 2.45) is 0 Å². The molecule has 0 radical (unpaired) electrons. The zero-order valence-corrected chi connectivity index (χ0v) is 19.8. The highest BCUT2D eigenvalue weighted by atomic mass is 16.5. The second-order valence-electron chi connectivity index (χ2n) is 9.70. The van der Waals surface area contributed by atoms with Crippen molar-refractivity contribution in [2.75, 3.05) is 19.7 Å². The first-order valence-electron chi connectivity index (χ1n) is 12.1. The van der Waals surface area contributed by atoms with Gasteiger partial charge < -0.3 is 15.0 Å². The average molecular weight is 462 g/mol. The van der Waals surface area contributed by atoms with Crippen molar-refractivity contribution in [2.45, 2.75) is 57.3 Å². The van der Waals surface area contributed by atoms with Crippen LogP contribution in [0.2, 0.25) is 0 Å². The lowest BCUT2D eigenvalue weighted by Gasteiger charge is -2.44. The van der Waals surface area contributed by atoms with E-state index in [9.17, 15) is 14.4 Å². The minimum absolute atomic E-state index is 0.00890. The van der Waals surface area contributed by atoms with E-state index in [1.807, 2.05) is 55.1 Å². The number of ether oxygens (including phenoxy) is 1. The SMILES string of the molecule is Cc1ccc(C(=O)N2C(C(=O)NC3CC3)COC23CCN(C(=O)c2ccccc2C)CC3)cc1. The summed E-state index contributed by atoms with van der Waals surface area (Å²) in [5.74, 6) is -0.365. The van der Waals surface area contributed by atoms with Crippen molar-refractivity contribution in [1.82, 2.24) is 15.1 Å². The number of aryl methyl sites for hydroxylation is 2. The summed E-state index contributed by atoms with van der Waals surface area (Å²) in [6.45, 7) is 5.00. The van der Waals surface area contributed by atoms with E-state index in [1.54, 1.807) is 17.0 Å². The number of piperidine rings is 1. The fraction of sp³-hybridized carbons (Fsp3) is 0.444. The molecule has 1 N–H and O–H groups in total. The molecule has 2 aromatic carbocycles. The Hall–Kier alpha value is -3.19. The lowest BCUT2D eigenvalue weighted by molar-refractivity contribution is -0.128. The molecule has 3 aliphatic rings. The average Bonchev–Trinajstić information content (AvgIpc) is 3.58. The van der Waals surface area contributed by atoms with Crippen LogP contribution in [0.1, 0.15) is 57.5 Å². The largest absolute Gasteiger partial charge is 0.353 e. The third-order valence-electron chi connectivity index (χ3n) is 7.21. The predicted molar refractivity (Wildman–Crippen MR) is 127 cm³/mol. The highest BCUT2D eigenvalue weighted by Crippen LogP contribution is 2.39. The molecule has 1 atom stereocenters. The topological polar surface area (TPSA) is 79.0 Å². The second kappa shape index (κ2) is 8.87. The first kappa shape index (κ1) is 22.6. The van der Waals surface area contributed by atoms with Gasteiger partial charge in [0.05, 0.1) is 6.61 Å². The number of hydrogen-bond donors (Lipinski definition) is 1. The van der Waals surface area contributed by atoms with Crippen LogP contribution >= 0.6 is 0 Å². The molecule has 1 aliphatic carbocycles. The molecule has 7 heteroatoms. The van der Waals surface area contributed by atoms with Crippen LogP contribution < -0.4 is 5.32 Å². The van der Waals surface area contributed by atoms with Crippen molar-refractivity contribution in [1.29, 1.82) is 0 Å². The van der Waals surface area contributed by atoms with Crippen LogP contribution in [-0.4, -0.2) is 65.0 Å². The molecule has 3 fully saturated rings. The highest BCUT2D eigenvalue weighted by molar-refractivity contribution is 5.99. The molecule has 34 heavy (non-hydrogen) atoms. The first-order chi connectivity index (χ1) is 16.4. The van der Waals surface area contributed by atoms with Gasteiger partial charge in [-0.3, -0.25) is 19.3 Å². The quantitative estimate of drug-likeness (QED) is 0.759. The number of benzene rings is 2. The molecule has 2 heterocycles. The Kier molecular flexibility index (Phi) is 5.90. The van der Waals surface area contributed by atoms with Crippen LogP contribution in [0.4, 0.5) is 0 Å². The third-order valence-corrected chi connectivity index (χ3v) is 7.21. The van der Waals surface area contributed by atoms with Crippen LogP contribution in [0.25, 0.3) is 0 Å². The van der Waals surface area contributed by atoms with E-state index in [4.69, 9.17) is 4.74 Å². The molecule has 1 spiro atoms. The Morgan fingerprint density at radius 3 is 2.26 bits per heavy atom. The van der Waals surface area contributed by atoms with Gasteiger partial charge in [0.1, 0.15) is 11.8 Å². The van der Waals surface area contributed by atoms with Gasteiger partial charge in [0, 0.05) is 43.1 Å². The van der Waals surface area contributed by atoms with Crippen LogP contribution in [0, 0.1) is 13.8 Å². The van der Waals surface area contributed by atoms with Crippen LogP contribution in [0.3, 0.4) is 0 Å². The first-order valence-corrected chi connectivity index (χ1v) is 12.1. The van der Waals surface area contributed by atoms with Crippen molar-refractivity contribution in [3.8, 4) is 0 Å². The minimum atomic E-state index is -0.893. The molecule has 2 saturated heterocycles. The van der Waals surface area contributed by atoms with E-state index in [0.717, 1.165) is 24.0 Å². The van der Waals surface area contributed by atoms with E-state index < -0.39 is 11.8 Å². The zero-order valence-electron chi connectivity index (χ0n) is 19.8. The summed E-state index contributed by atoms with van der Waals surface area (Å²) < 4.78 is 6.26. The molecule has 1 unspecified atom stereocenters. The Balaban J connectivity index is 1.38. The molecule has 2 aromatic rings. The Bertz CT molecular complexity index is 1100. The van der Waals surface area contributed by atoms with E-state index in [0.29, 0.717) is 37.1 Å².